The van der Waals surface area contributed by atoms with E-state index in [1.54, 1.807) is 4.68 Å². The highest BCUT2D eigenvalue weighted by atomic mass is 16.2. The Bertz CT molecular complexity index is 906. The maximum atomic E-state index is 8.96. The van der Waals surface area contributed by atoms with Crippen LogP contribution in [0.5, 0.6) is 0 Å². The van der Waals surface area contributed by atoms with Crippen molar-refractivity contribution in [3.63, 3.8) is 0 Å². The number of imidazole rings is 1. The van der Waals surface area contributed by atoms with Crippen LogP contribution in [0.25, 0.3) is 22.7 Å². The third-order valence-corrected chi connectivity index (χ3v) is 3.72. The van der Waals surface area contributed by atoms with Crippen molar-refractivity contribution in [2.24, 2.45) is 0 Å². The summed E-state index contributed by atoms with van der Waals surface area (Å²) in [5.74, 6) is 0. The SMILES string of the molecule is OCCc1ccc(-n2cc(-c3cn4ccccc4n3)nn2)cc1. The summed E-state index contributed by atoms with van der Waals surface area (Å²) in [7, 11) is 0. The van der Waals surface area contributed by atoms with Gasteiger partial charge in [-0.15, -0.1) is 5.10 Å². The molecule has 3 heterocycles. The van der Waals surface area contributed by atoms with Crippen molar-refractivity contribution in [3.05, 3.63) is 66.6 Å². The minimum Gasteiger partial charge on any atom is -0.396 e. The van der Waals surface area contributed by atoms with Gasteiger partial charge in [0.2, 0.25) is 0 Å². The molecule has 0 aliphatic heterocycles. The first kappa shape index (κ1) is 13.7. The Kier molecular flexibility index (Phi) is 3.36. The maximum Gasteiger partial charge on any atom is 0.137 e. The monoisotopic (exact) mass is 305 g/mol. The highest BCUT2D eigenvalue weighted by molar-refractivity contribution is 5.58. The van der Waals surface area contributed by atoms with Gasteiger partial charge in [-0.3, -0.25) is 0 Å². The number of pyridine rings is 1. The number of rotatable bonds is 4. The molecule has 0 spiro atoms. The number of aliphatic hydroxyl groups is 1. The summed E-state index contributed by atoms with van der Waals surface area (Å²) in [5.41, 5.74) is 4.42. The van der Waals surface area contributed by atoms with Crippen molar-refractivity contribution >= 4 is 5.65 Å². The molecular weight excluding hydrogens is 290 g/mol. The van der Waals surface area contributed by atoms with Crippen LogP contribution in [-0.2, 0) is 6.42 Å². The van der Waals surface area contributed by atoms with Crippen LogP contribution in [0, 0.1) is 0 Å². The van der Waals surface area contributed by atoms with Gasteiger partial charge < -0.3 is 9.51 Å². The predicted octanol–water partition coefficient (Wildman–Crippen LogP) is 2.12. The first-order chi connectivity index (χ1) is 11.3. The van der Waals surface area contributed by atoms with Gasteiger partial charge >= 0.3 is 0 Å². The van der Waals surface area contributed by atoms with E-state index in [0.717, 1.165) is 28.3 Å². The molecule has 0 saturated heterocycles. The zero-order valence-electron chi connectivity index (χ0n) is 12.4. The quantitative estimate of drug-likeness (QED) is 0.627. The predicted molar refractivity (Wildman–Crippen MR) is 86.3 cm³/mol. The van der Waals surface area contributed by atoms with E-state index in [-0.39, 0.29) is 6.61 Å². The molecule has 0 saturated carbocycles. The second-order valence-corrected chi connectivity index (χ2v) is 5.28. The van der Waals surface area contributed by atoms with Crippen LogP contribution < -0.4 is 0 Å². The van der Waals surface area contributed by atoms with Crippen molar-refractivity contribution in [1.29, 1.82) is 0 Å². The molecule has 3 aromatic heterocycles. The second kappa shape index (κ2) is 5.66. The highest BCUT2D eigenvalue weighted by Gasteiger charge is 2.09. The second-order valence-electron chi connectivity index (χ2n) is 5.28. The van der Waals surface area contributed by atoms with Crippen LogP contribution in [0.2, 0.25) is 0 Å². The third kappa shape index (κ3) is 2.60. The first-order valence-electron chi connectivity index (χ1n) is 7.40. The first-order valence-corrected chi connectivity index (χ1v) is 7.40. The van der Waals surface area contributed by atoms with E-state index in [1.165, 1.54) is 0 Å². The summed E-state index contributed by atoms with van der Waals surface area (Å²) in [6.07, 6.45) is 6.41. The molecule has 114 valence electrons. The summed E-state index contributed by atoms with van der Waals surface area (Å²) < 4.78 is 3.68. The van der Waals surface area contributed by atoms with Crippen LogP contribution in [-0.4, -0.2) is 36.1 Å². The van der Waals surface area contributed by atoms with Gasteiger partial charge in [0.1, 0.15) is 17.0 Å². The number of hydrogen-bond acceptors (Lipinski definition) is 4. The van der Waals surface area contributed by atoms with Crippen molar-refractivity contribution < 1.29 is 5.11 Å². The molecule has 6 heteroatoms. The highest BCUT2D eigenvalue weighted by Crippen LogP contribution is 2.18. The fourth-order valence-electron chi connectivity index (χ4n) is 2.51. The van der Waals surface area contributed by atoms with E-state index in [2.05, 4.69) is 15.3 Å². The Morgan fingerprint density at radius 2 is 1.83 bits per heavy atom. The molecule has 0 radical (unpaired) electrons. The number of aliphatic hydroxyl groups excluding tert-OH is 1. The average Bonchev–Trinajstić information content (AvgIpc) is 3.22. The van der Waals surface area contributed by atoms with Gasteiger partial charge in [-0.25, -0.2) is 9.67 Å². The van der Waals surface area contributed by atoms with E-state index in [1.807, 2.05) is 65.5 Å². The van der Waals surface area contributed by atoms with Gasteiger partial charge in [0.25, 0.3) is 0 Å². The topological polar surface area (TPSA) is 68.2 Å². The van der Waals surface area contributed by atoms with Crippen LogP contribution in [0.15, 0.2) is 61.1 Å². The van der Waals surface area contributed by atoms with Gasteiger partial charge in [0.05, 0.1) is 11.9 Å². The van der Waals surface area contributed by atoms with Gasteiger partial charge in [-0.2, -0.15) is 0 Å². The lowest BCUT2D eigenvalue weighted by Gasteiger charge is -2.01. The lowest BCUT2D eigenvalue weighted by molar-refractivity contribution is 0.299. The van der Waals surface area contributed by atoms with Crippen molar-refractivity contribution in [2.75, 3.05) is 6.61 Å². The minimum atomic E-state index is 0.153. The molecule has 0 unspecified atom stereocenters. The average molecular weight is 305 g/mol. The molecule has 0 atom stereocenters. The Labute approximate surface area is 132 Å². The minimum absolute atomic E-state index is 0.153. The van der Waals surface area contributed by atoms with Crippen LogP contribution in [0.4, 0.5) is 0 Å². The Morgan fingerprint density at radius 1 is 0.957 bits per heavy atom. The maximum absolute atomic E-state index is 8.96. The van der Waals surface area contributed by atoms with E-state index < -0.39 is 0 Å². The van der Waals surface area contributed by atoms with E-state index in [4.69, 9.17) is 5.11 Å². The number of benzene rings is 1. The molecule has 1 aromatic carbocycles. The molecule has 0 aliphatic rings. The molecule has 23 heavy (non-hydrogen) atoms. The van der Waals surface area contributed by atoms with Crippen LogP contribution in [0.1, 0.15) is 5.56 Å². The summed E-state index contributed by atoms with van der Waals surface area (Å²) in [6.45, 7) is 0.153. The van der Waals surface area contributed by atoms with Crippen molar-refractivity contribution in [1.82, 2.24) is 24.4 Å². The molecule has 1 N–H and O–H groups in total. The number of fused-ring (bicyclic) bond motifs is 1. The molecule has 0 amide bonds. The number of aromatic nitrogens is 5. The molecular formula is C17H15N5O. The molecule has 0 bridgehead atoms. The Hall–Kier alpha value is -2.99. The molecule has 6 nitrogen and oxygen atoms in total. The van der Waals surface area contributed by atoms with Crippen LogP contribution in [0.3, 0.4) is 0 Å². The van der Waals surface area contributed by atoms with E-state index in [0.29, 0.717) is 6.42 Å². The fraction of sp³-hybridized carbons (Fsp3) is 0.118. The number of hydrogen-bond donors (Lipinski definition) is 1. The standard InChI is InChI=1S/C17H15N5O/c23-10-8-13-4-6-14(7-5-13)22-12-16(19-20-22)15-11-21-9-2-1-3-17(21)18-15/h1-7,9,11-12,23H,8,10H2. The zero-order valence-corrected chi connectivity index (χ0v) is 12.4. The summed E-state index contributed by atoms with van der Waals surface area (Å²) in [6, 6.07) is 13.8. The molecule has 0 aliphatic carbocycles. The third-order valence-electron chi connectivity index (χ3n) is 3.72. The van der Waals surface area contributed by atoms with E-state index in [9.17, 15) is 0 Å². The van der Waals surface area contributed by atoms with Crippen molar-refractivity contribution in [2.45, 2.75) is 6.42 Å². The van der Waals surface area contributed by atoms with Gasteiger partial charge in [-0.1, -0.05) is 23.4 Å². The zero-order chi connectivity index (χ0) is 15.6. The molecule has 0 fully saturated rings. The van der Waals surface area contributed by atoms with Gasteiger partial charge in [0, 0.05) is 19.0 Å². The van der Waals surface area contributed by atoms with Gasteiger partial charge in [-0.05, 0) is 36.2 Å². The normalized spacial score (nSPS) is 11.2. The summed E-state index contributed by atoms with van der Waals surface area (Å²) in [4.78, 5) is 4.55. The van der Waals surface area contributed by atoms with Crippen LogP contribution >= 0.6 is 0 Å². The molecule has 4 aromatic rings. The lowest BCUT2D eigenvalue weighted by atomic mass is 10.1. The molecule has 4 rings (SSSR count). The summed E-state index contributed by atoms with van der Waals surface area (Å²) in [5, 5.41) is 17.3. The Balaban J connectivity index is 1.65. The van der Waals surface area contributed by atoms with Crippen molar-refractivity contribution in [3.8, 4) is 17.1 Å². The fourth-order valence-corrected chi connectivity index (χ4v) is 2.51. The number of nitrogens with zero attached hydrogens (tertiary/aromatic N) is 5. The van der Waals surface area contributed by atoms with Gasteiger partial charge in [0.15, 0.2) is 0 Å². The Morgan fingerprint density at radius 3 is 2.61 bits per heavy atom. The largest absolute Gasteiger partial charge is 0.396 e. The van der Waals surface area contributed by atoms with E-state index >= 15 is 0 Å². The lowest BCUT2D eigenvalue weighted by Crippen LogP contribution is -1.96. The summed E-state index contributed by atoms with van der Waals surface area (Å²) >= 11 is 0. The smallest absolute Gasteiger partial charge is 0.137 e.